The van der Waals surface area contributed by atoms with Crippen molar-refractivity contribution in [3.8, 4) is 10.6 Å². The number of anilines is 1. The number of carbonyl (C=O) groups is 1. The Morgan fingerprint density at radius 3 is 2.90 bits per heavy atom. The Kier molecular flexibility index (Phi) is 3.63. The van der Waals surface area contributed by atoms with Gasteiger partial charge in [-0.15, -0.1) is 10.2 Å². The van der Waals surface area contributed by atoms with Crippen molar-refractivity contribution in [3.63, 3.8) is 0 Å². The van der Waals surface area contributed by atoms with Crippen molar-refractivity contribution in [1.82, 2.24) is 20.4 Å². The molecule has 3 rings (SSSR count). The zero-order valence-electron chi connectivity index (χ0n) is 10.3. The number of hydrogen-bond acceptors (Lipinski definition) is 5. The van der Waals surface area contributed by atoms with Crippen molar-refractivity contribution in [2.75, 3.05) is 5.32 Å². The predicted molar refractivity (Wildman–Crippen MR) is 76.9 cm³/mol. The summed E-state index contributed by atoms with van der Waals surface area (Å²) >= 11 is 6.99. The first-order valence-corrected chi connectivity index (χ1v) is 6.93. The summed E-state index contributed by atoms with van der Waals surface area (Å²) in [6, 6.07) is 5.86. The van der Waals surface area contributed by atoms with Gasteiger partial charge in [-0.1, -0.05) is 29.0 Å². The average Bonchev–Trinajstić information content (AvgIpc) is 3.10. The van der Waals surface area contributed by atoms with E-state index in [-0.39, 0.29) is 26.4 Å². The van der Waals surface area contributed by atoms with Gasteiger partial charge in [0.15, 0.2) is 5.01 Å². The molecule has 0 atom stereocenters. The summed E-state index contributed by atoms with van der Waals surface area (Å²) in [5, 5.41) is 17.2. The SMILES string of the molecule is O=C(Nc1nnc(-c2c(F)cccc2Cl)s1)c1ccn[nH]1. The number of halogens is 2. The highest BCUT2D eigenvalue weighted by atomic mass is 35.5. The van der Waals surface area contributed by atoms with E-state index in [0.717, 1.165) is 11.3 Å². The van der Waals surface area contributed by atoms with Crippen molar-refractivity contribution >= 4 is 34.0 Å². The van der Waals surface area contributed by atoms with Gasteiger partial charge >= 0.3 is 0 Å². The lowest BCUT2D eigenvalue weighted by Crippen LogP contribution is -2.12. The number of benzene rings is 1. The van der Waals surface area contributed by atoms with Crippen LogP contribution in [0.5, 0.6) is 0 Å². The van der Waals surface area contributed by atoms with Gasteiger partial charge in [0.05, 0.1) is 10.6 Å². The number of aromatic nitrogens is 4. The van der Waals surface area contributed by atoms with Crippen molar-refractivity contribution in [3.05, 3.63) is 47.0 Å². The normalized spacial score (nSPS) is 10.6. The quantitative estimate of drug-likeness (QED) is 0.776. The van der Waals surface area contributed by atoms with Gasteiger partial charge < -0.3 is 0 Å². The summed E-state index contributed by atoms with van der Waals surface area (Å²) in [5.74, 6) is -0.903. The molecule has 2 heterocycles. The summed E-state index contributed by atoms with van der Waals surface area (Å²) in [6.07, 6.45) is 1.46. The Balaban J connectivity index is 1.85. The zero-order chi connectivity index (χ0) is 14.8. The fourth-order valence-corrected chi connectivity index (χ4v) is 2.73. The highest BCUT2D eigenvalue weighted by molar-refractivity contribution is 7.18. The van der Waals surface area contributed by atoms with E-state index in [1.54, 1.807) is 6.07 Å². The molecule has 0 fully saturated rings. The Bertz CT molecular complexity index is 769. The molecule has 2 aromatic heterocycles. The van der Waals surface area contributed by atoms with Crippen molar-refractivity contribution in [2.24, 2.45) is 0 Å². The second kappa shape index (κ2) is 5.58. The molecule has 3 aromatic rings. The minimum absolute atomic E-state index is 0.165. The van der Waals surface area contributed by atoms with Crippen LogP contribution < -0.4 is 5.32 Å². The van der Waals surface area contributed by atoms with Gasteiger partial charge in [0.1, 0.15) is 11.5 Å². The maximum absolute atomic E-state index is 13.8. The summed E-state index contributed by atoms with van der Waals surface area (Å²) in [7, 11) is 0. The number of nitrogens with one attached hydrogen (secondary N) is 2. The van der Waals surface area contributed by atoms with Crippen LogP contribution in [-0.4, -0.2) is 26.3 Å². The minimum Gasteiger partial charge on any atom is -0.295 e. The van der Waals surface area contributed by atoms with E-state index in [0.29, 0.717) is 0 Å². The first-order valence-electron chi connectivity index (χ1n) is 5.74. The van der Waals surface area contributed by atoms with Crippen LogP contribution in [-0.2, 0) is 0 Å². The van der Waals surface area contributed by atoms with Gasteiger partial charge in [-0.05, 0) is 18.2 Å². The molecule has 9 heteroatoms. The summed E-state index contributed by atoms with van der Waals surface area (Å²) in [6.45, 7) is 0. The molecular formula is C12H7ClFN5OS. The van der Waals surface area contributed by atoms with Crippen LogP contribution in [0.3, 0.4) is 0 Å². The maximum atomic E-state index is 13.8. The number of H-pyrrole nitrogens is 1. The molecule has 0 radical (unpaired) electrons. The zero-order valence-corrected chi connectivity index (χ0v) is 11.9. The van der Waals surface area contributed by atoms with E-state index < -0.39 is 11.7 Å². The smallest absolute Gasteiger partial charge is 0.275 e. The molecule has 0 saturated carbocycles. The second-order valence-corrected chi connectivity index (χ2v) is 5.32. The lowest BCUT2D eigenvalue weighted by Gasteiger charge is -2.00. The molecule has 0 aliphatic rings. The van der Waals surface area contributed by atoms with Gasteiger partial charge in [0.25, 0.3) is 5.91 Å². The van der Waals surface area contributed by atoms with E-state index in [4.69, 9.17) is 11.6 Å². The Morgan fingerprint density at radius 2 is 2.19 bits per heavy atom. The lowest BCUT2D eigenvalue weighted by atomic mass is 10.2. The third kappa shape index (κ3) is 2.76. The molecule has 0 bridgehead atoms. The van der Waals surface area contributed by atoms with Gasteiger partial charge in [0.2, 0.25) is 5.13 Å². The third-order valence-electron chi connectivity index (χ3n) is 2.57. The van der Waals surface area contributed by atoms with Crippen LogP contribution in [0.1, 0.15) is 10.5 Å². The molecule has 1 amide bonds. The molecule has 1 aromatic carbocycles. The van der Waals surface area contributed by atoms with Crippen molar-refractivity contribution in [2.45, 2.75) is 0 Å². The van der Waals surface area contributed by atoms with E-state index in [9.17, 15) is 9.18 Å². The number of rotatable bonds is 3. The average molecular weight is 324 g/mol. The van der Waals surface area contributed by atoms with Crippen LogP contribution in [0.4, 0.5) is 9.52 Å². The summed E-state index contributed by atoms with van der Waals surface area (Å²) < 4.78 is 13.8. The Labute approximate surface area is 127 Å². The fourth-order valence-electron chi connectivity index (χ4n) is 1.62. The van der Waals surface area contributed by atoms with E-state index in [1.165, 1.54) is 24.4 Å². The number of carbonyl (C=O) groups excluding carboxylic acids is 1. The first-order chi connectivity index (χ1) is 10.1. The van der Waals surface area contributed by atoms with E-state index >= 15 is 0 Å². The fraction of sp³-hybridized carbons (Fsp3) is 0. The molecule has 2 N–H and O–H groups in total. The lowest BCUT2D eigenvalue weighted by molar-refractivity contribution is 0.102. The van der Waals surface area contributed by atoms with Crippen molar-refractivity contribution < 1.29 is 9.18 Å². The van der Waals surface area contributed by atoms with Gasteiger partial charge in [-0.25, -0.2) is 4.39 Å². The second-order valence-electron chi connectivity index (χ2n) is 3.93. The highest BCUT2D eigenvalue weighted by Crippen LogP contribution is 2.33. The Morgan fingerprint density at radius 1 is 1.33 bits per heavy atom. The number of nitrogens with zero attached hydrogens (tertiary/aromatic N) is 3. The molecular weight excluding hydrogens is 317 g/mol. The Hall–Kier alpha value is -2.32. The molecule has 6 nitrogen and oxygen atoms in total. The van der Waals surface area contributed by atoms with Gasteiger partial charge in [-0.2, -0.15) is 5.10 Å². The van der Waals surface area contributed by atoms with E-state index in [1.807, 2.05) is 0 Å². The third-order valence-corrected chi connectivity index (χ3v) is 3.74. The van der Waals surface area contributed by atoms with Crippen molar-refractivity contribution in [1.29, 1.82) is 0 Å². The molecule has 0 aliphatic carbocycles. The highest BCUT2D eigenvalue weighted by Gasteiger charge is 2.16. The number of hydrogen-bond donors (Lipinski definition) is 2. The summed E-state index contributed by atoms with van der Waals surface area (Å²) in [4.78, 5) is 11.8. The van der Waals surface area contributed by atoms with Crippen LogP contribution in [0.15, 0.2) is 30.5 Å². The van der Waals surface area contributed by atoms with Crippen LogP contribution >= 0.6 is 22.9 Å². The molecule has 21 heavy (non-hydrogen) atoms. The molecule has 0 unspecified atom stereocenters. The minimum atomic E-state index is -0.495. The van der Waals surface area contributed by atoms with E-state index in [2.05, 4.69) is 25.7 Å². The monoisotopic (exact) mass is 323 g/mol. The molecule has 0 saturated heterocycles. The topological polar surface area (TPSA) is 83.6 Å². The standard InChI is InChI=1S/C12H7ClFN5OS/c13-6-2-1-3-7(14)9(6)11-18-19-12(21-11)16-10(20)8-4-5-15-17-8/h1-5H,(H,15,17)(H,16,19,20). The first kappa shape index (κ1) is 13.7. The van der Waals surface area contributed by atoms with Crippen LogP contribution in [0, 0.1) is 5.82 Å². The summed E-state index contributed by atoms with van der Waals surface area (Å²) in [5.41, 5.74) is 0.453. The predicted octanol–water partition coefficient (Wildman–Crippen LogP) is 2.97. The van der Waals surface area contributed by atoms with Gasteiger partial charge in [0, 0.05) is 6.20 Å². The maximum Gasteiger partial charge on any atom is 0.275 e. The van der Waals surface area contributed by atoms with Gasteiger partial charge in [-0.3, -0.25) is 15.2 Å². The molecule has 0 spiro atoms. The molecule has 106 valence electrons. The van der Waals surface area contributed by atoms with Crippen LogP contribution in [0.25, 0.3) is 10.6 Å². The largest absolute Gasteiger partial charge is 0.295 e. The van der Waals surface area contributed by atoms with Crippen LogP contribution in [0.2, 0.25) is 5.02 Å². The number of aromatic amines is 1. The molecule has 0 aliphatic heterocycles. The number of amides is 1.